The molecule has 4 rings (SSSR count). The standard InChI is InChI=1S/C26H31N3O3.C7H15N/c1-26(2,3)19-10-12-20(13-11-19)29(23(17-30)18-7-6-14-28-16-18)25(32)22-9-5-4-8-21(22)24(31)15-27;1-8-7-5-3-2-4-6-7/h6-7,10-14,16-17,21-24,31H,4-5,8-9H2,1-3H3;7-8H,2-6H2,1H3. The van der Waals surface area contributed by atoms with E-state index in [1.165, 1.54) is 37.0 Å². The van der Waals surface area contributed by atoms with Crippen LogP contribution >= 0.6 is 0 Å². The maximum absolute atomic E-state index is 13.9. The van der Waals surface area contributed by atoms with Gasteiger partial charge in [-0.2, -0.15) is 5.26 Å². The molecule has 4 unspecified atom stereocenters. The molecule has 0 spiro atoms. The Morgan fingerprint density at radius 1 is 1.07 bits per heavy atom. The number of aromatic nitrogens is 1. The fourth-order valence-corrected chi connectivity index (χ4v) is 5.90. The highest BCUT2D eigenvalue weighted by molar-refractivity contribution is 5.99. The van der Waals surface area contributed by atoms with E-state index in [0.29, 0.717) is 24.1 Å². The van der Waals surface area contributed by atoms with E-state index in [4.69, 9.17) is 0 Å². The van der Waals surface area contributed by atoms with Crippen LogP contribution in [0.5, 0.6) is 0 Å². The third kappa shape index (κ3) is 8.22. The Morgan fingerprint density at radius 2 is 1.73 bits per heavy atom. The molecule has 1 amide bonds. The molecular weight excluding hydrogens is 500 g/mol. The number of aliphatic hydroxyl groups excluding tert-OH is 1. The van der Waals surface area contributed by atoms with E-state index in [1.807, 2.05) is 30.3 Å². The summed E-state index contributed by atoms with van der Waals surface area (Å²) in [7, 11) is 2.07. The van der Waals surface area contributed by atoms with Gasteiger partial charge in [0, 0.05) is 41.5 Å². The Morgan fingerprint density at radius 3 is 2.25 bits per heavy atom. The summed E-state index contributed by atoms with van der Waals surface area (Å²) >= 11 is 0. The summed E-state index contributed by atoms with van der Waals surface area (Å²) in [6.45, 7) is 6.35. The molecule has 2 aromatic rings. The van der Waals surface area contributed by atoms with Gasteiger partial charge in [0.2, 0.25) is 5.91 Å². The number of rotatable bonds is 7. The van der Waals surface area contributed by atoms with Crippen LogP contribution in [0.4, 0.5) is 5.69 Å². The summed E-state index contributed by atoms with van der Waals surface area (Å²) in [5.41, 5.74) is 2.29. The number of aliphatic hydroxyl groups is 1. The van der Waals surface area contributed by atoms with Crippen molar-refractivity contribution >= 4 is 17.9 Å². The first-order valence-electron chi connectivity index (χ1n) is 14.7. The molecule has 0 saturated heterocycles. The van der Waals surface area contributed by atoms with Crippen molar-refractivity contribution in [2.75, 3.05) is 11.9 Å². The number of carbonyl (C=O) groups excluding carboxylic acids is 2. The molecule has 0 bridgehead atoms. The van der Waals surface area contributed by atoms with E-state index in [1.54, 1.807) is 24.5 Å². The molecule has 2 aliphatic rings. The van der Waals surface area contributed by atoms with Gasteiger partial charge in [0.05, 0.1) is 6.07 Å². The molecule has 2 fully saturated rings. The molecule has 0 aliphatic heterocycles. The van der Waals surface area contributed by atoms with Crippen LogP contribution < -0.4 is 10.2 Å². The van der Waals surface area contributed by atoms with Crippen molar-refractivity contribution in [2.45, 2.75) is 102 Å². The Labute approximate surface area is 240 Å². The molecular formula is C33H46N4O3. The molecule has 40 heavy (non-hydrogen) atoms. The number of carbonyl (C=O) groups is 2. The number of benzene rings is 1. The van der Waals surface area contributed by atoms with Crippen LogP contribution in [0.25, 0.3) is 0 Å². The first-order chi connectivity index (χ1) is 19.2. The lowest BCUT2D eigenvalue weighted by Crippen LogP contribution is -2.45. The maximum Gasteiger partial charge on any atom is 0.231 e. The molecule has 1 heterocycles. The molecule has 216 valence electrons. The first-order valence-corrected chi connectivity index (χ1v) is 14.7. The highest BCUT2D eigenvalue weighted by Gasteiger charge is 2.40. The number of pyridine rings is 1. The fourth-order valence-electron chi connectivity index (χ4n) is 5.90. The monoisotopic (exact) mass is 546 g/mol. The SMILES string of the molecule is CC(C)(C)c1ccc(N(C(=O)C2CCCCC2C(O)C#N)C(C=O)c2cccnc2)cc1.CNC1CCCCC1. The Bertz CT molecular complexity index is 1100. The minimum Gasteiger partial charge on any atom is -0.378 e. The third-order valence-electron chi connectivity index (χ3n) is 8.37. The lowest BCUT2D eigenvalue weighted by Gasteiger charge is -2.37. The lowest BCUT2D eigenvalue weighted by atomic mass is 9.75. The van der Waals surface area contributed by atoms with Crippen molar-refractivity contribution in [1.29, 1.82) is 5.26 Å². The number of nitrogens with one attached hydrogen (secondary N) is 1. The average Bonchev–Trinajstić information content (AvgIpc) is 3.00. The zero-order chi connectivity index (χ0) is 29.1. The highest BCUT2D eigenvalue weighted by Crippen LogP contribution is 2.38. The number of hydrogen-bond acceptors (Lipinski definition) is 6. The minimum atomic E-state index is -1.21. The Balaban J connectivity index is 0.000000472. The average molecular weight is 547 g/mol. The summed E-state index contributed by atoms with van der Waals surface area (Å²) in [5.74, 6) is -1.22. The second-order valence-corrected chi connectivity index (χ2v) is 12.1. The van der Waals surface area contributed by atoms with Gasteiger partial charge in [0.25, 0.3) is 0 Å². The van der Waals surface area contributed by atoms with Crippen LogP contribution in [0.3, 0.4) is 0 Å². The number of aldehydes is 1. The molecule has 7 nitrogen and oxygen atoms in total. The van der Waals surface area contributed by atoms with Crippen LogP contribution in [0.15, 0.2) is 48.8 Å². The van der Waals surface area contributed by atoms with Gasteiger partial charge in [0.1, 0.15) is 18.4 Å². The summed E-state index contributed by atoms with van der Waals surface area (Å²) < 4.78 is 0. The molecule has 4 atom stereocenters. The van der Waals surface area contributed by atoms with Crippen molar-refractivity contribution in [2.24, 2.45) is 11.8 Å². The van der Waals surface area contributed by atoms with Gasteiger partial charge in [-0.1, -0.05) is 71.1 Å². The zero-order valence-electron chi connectivity index (χ0n) is 24.6. The third-order valence-corrected chi connectivity index (χ3v) is 8.37. The van der Waals surface area contributed by atoms with Crippen LogP contribution in [-0.4, -0.2) is 41.5 Å². The Kier molecular flexibility index (Phi) is 11.8. The van der Waals surface area contributed by atoms with E-state index in [9.17, 15) is 20.0 Å². The topological polar surface area (TPSA) is 106 Å². The Hall–Kier alpha value is -3.08. The predicted octanol–water partition coefficient (Wildman–Crippen LogP) is 5.88. The summed E-state index contributed by atoms with van der Waals surface area (Å²) in [5, 5.41) is 22.9. The summed E-state index contributed by atoms with van der Waals surface area (Å²) in [6, 6.07) is 13.1. The van der Waals surface area contributed by atoms with Crippen LogP contribution in [0, 0.1) is 23.2 Å². The lowest BCUT2D eigenvalue weighted by molar-refractivity contribution is -0.128. The number of nitriles is 1. The minimum absolute atomic E-state index is 0.0495. The highest BCUT2D eigenvalue weighted by atomic mass is 16.3. The molecule has 2 aliphatic carbocycles. The van der Waals surface area contributed by atoms with E-state index in [2.05, 4.69) is 38.1 Å². The molecule has 1 aromatic carbocycles. The number of amides is 1. The quantitative estimate of drug-likeness (QED) is 0.332. The summed E-state index contributed by atoms with van der Waals surface area (Å²) in [6.07, 6.45) is 12.8. The predicted molar refractivity (Wildman–Crippen MR) is 159 cm³/mol. The smallest absolute Gasteiger partial charge is 0.231 e. The van der Waals surface area contributed by atoms with Crippen molar-refractivity contribution in [3.8, 4) is 6.07 Å². The molecule has 0 radical (unpaired) electrons. The van der Waals surface area contributed by atoms with Crippen molar-refractivity contribution in [1.82, 2.24) is 10.3 Å². The van der Waals surface area contributed by atoms with Gasteiger partial charge in [-0.3, -0.25) is 14.7 Å². The van der Waals surface area contributed by atoms with Gasteiger partial charge < -0.3 is 15.2 Å². The molecule has 2 saturated carbocycles. The van der Waals surface area contributed by atoms with Crippen LogP contribution in [-0.2, 0) is 15.0 Å². The first kappa shape index (κ1) is 31.4. The molecule has 7 heteroatoms. The van der Waals surface area contributed by atoms with Gasteiger partial charge in [-0.05, 0) is 61.9 Å². The van der Waals surface area contributed by atoms with Crippen molar-refractivity contribution < 1.29 is 14.7 Å². The van der Waals surface area contributed by atoms with Crippen LogP contribution in [0.1, 0.15) is 95.7 Å². The van der Waals surface area contributed by atoms with Gasteiger partial charge in [-0.15, -0.1) is 0 Å². The van der Waals surface area contributed by atoms with E-state index >= 15 is 0 Å². The van der Waals surface area contributed by atoms with Gasteiger partial charge in [0.15, 0.2) is 0 Å². The second-order valence-electron chi connectivity index (χ2n) is 12.1. The van der Waals surface area contributed by atoms with Gasteiger partial charge >= 0.3 is 0 Å². The largest absolute Gasteiger partial charge is 0.378 e. The zero-order valence-corrected chi connectivity index (χ0v) is 24.6. The van der Waals surface area contributed by atoms with Crippen LogP contribution in [0.2, 0.25) is 0 Å². The number of anilines is 1. The summed E-state index contributed by atoms with van der Waals surface area (Å²) in [4.78, 5) is 31.8. The molecule has 2 N–H and O–H groups in total. The van der Waals surface area contributed by atoms with E-state index < -0.39 is 24.0 Å². The van der Waals surface area contributed by atoms with Crippen molar-refractivity contribution in [3.05, 3.63) is 59.9 Å². The molecule has 1 aromatic heterocycles. The van der Waals surface area contributed by atoms with E-state index in [0.717, 1.165) is 30.7 Å². The fraction of sp³-hybridized carbons (Fsp3) is 0.576. The maximum atomic E-state index is 13.9. The van der Waals surface area contributed by atoms with E-state index in [-0.39, 0.29) is 11.3 Å². The normalized spacial score (nSPS) is 21.2. The van der Waals surface area contributed by atoms with Gasteiger partial charge in [-0.25, -0.2) is 0 Å². The second kappa shape index (κ2) is 15.1. The number of nitrogens with zero attached hydrogens (tertiary/aromatic N) is 3. The number of hydrogen-bond donors (Lipinski definition) is 2. The van der Waals surface area contributed by atoms with Crippen molar-refractivity contribution in [3.63, 3.8) is 0 Å².